The maximum absolute atomic E-state index is 11.4. The van der Waals surface area contributed by atoms with Crippen molar-refractivity contribution < 1.29 is 4.79 Å². The molecule has 1 amide bonds. The molecule has 1 rings (SSSR count). The van der Waals surface area contributed by atoms with E-state index in [4.69, 9.17) is 0 Å². The van der Waals surface area contributed by atoms with Crippen LogP contribution < -0.4 is 0 Å². The van der Waals surface area contributed by atoms with Gasteiger partial charge in [0.05, 0.1) is 11.9 Å². The lowest BCUT2D eigenvalue weighted by Crippen LogP contribution is -2.30. The Kier molecular flexibility index (Phi) is 4.45. The summed E-state index contributed by atoms with van der Waals surface area (Å²) in [6, 6.07) is 4.06. The van der Waals surface area contributed by atoms with Crippen LogP contribution in [-0.2, 0) is 11.3 Å². The summed E-state index contributed by atoms with van der Waals surface area (Å²) in [4.78, 5) is 14.4. The summed E-state index contributed by atoms with van der Waals surface area (Å²) < 4.78 is 0. The van der Waals surface area contributed by atoms with Gasteiger partial charge in [0.1, 0.15) is 0 Å². The third kappa shape index (κ3) is 3.12. The zero-order valence-corrected chi connectivity index (χ0v) is 9.90. The third-order valence-electron chi connectivity index (χ3n) is 1.78. The highest BCUT2D eigenvalue weighted by molar-refractivity contribution is 9.09. The number of carbonyl (C=O) groups excluding carboxylic acids is 1. The smallest absolute Gasteiger partial charge is 0.233 e. The van der Waals surface area contributed by atoms with Gasteiger partial charge in [-0.1, -0.05) is 22.0 Å². The molecule has 1 aromatic heterocycles. The van der Waals surface area contributed by atoms with Crippen LogP contribution >= 0.6 is 27.3 Å². The van der Waals surface area contributed by atoms with Crippen LogP contribution in [0.25, 0.3) is 0 Å². The van der Waals surface area contributed by atoms with Gasteiger partial charge in [0.2, 0.25) is 5.91 Å². The molecular formula is C9H12BrNOS. The molecule has 0 unspecified atom stereocenters. The Morgan fingerprint density at radius 2 is 2.46 bits per heavy atom. The Bertz CT molecular complexity index is 261. The second-order valence-electron chi connectivity index (χ2n) is 2.62. The molecule has 0 N–H and O–H groups in total. The number of alkyl halides is 1. The van der Waals surface area contributed by atoms with Gasteiger partial charge >= 0.3 is 0 Å². The van der Waals surface area contributed by atoms with Crippen LogP contribution in [0.5, 0.6) is 0 Å². The minimum atomic E-state index is 0.149. The summed E-state index contributed by atoms with van der Waals surface area (Å²) in [7, 11) is 0. The Morgan fingerprint density at radius 1 is 1.69 bits per heavy atom. The molecular weight excluding hydrogens is 250 g/mol. The first-order valence-corrected chi connectivity index (χ1v) is 6.14. The van der Waals surface area contributed by atoms with Crippen molar-refractivity contribution in [2.45, 2.75) is 13.5 Å². The summed E-state index contributed by atoms with van der Waals surface area (Å²) in [5.74, 6) is 0.149. The number of hydrogen-bond donors (Lipinski definition) is 0. The zero-order chi connectivity index (χ0) is 9.68. The van der Waals surface area contributed by atoms with Crippen molar-refractivity contribution in [2.24, 2.45) is 0 Å². The standard InChI is InChI=1S/C9H12BrNOS/c1-2-11(9(12)6-10)7-8-4-3-5-13-8/h3-5H,2,6-7H2,1H3. The van der Waals surface area contributed by atoms with Crippen molar-refractivity contribution in [3.8, 4) is 0 Å². The predicted octanol–water partition coefficient (Wildman–Crippen LogP) is 2.49. The monoisotopic (exact) mass is 261 g/mol. The van der Waals surface area contributed by atoms with Crippen molar-refractivity contribution in [1.82, 2.24) is 4.90 Å². The van der Waals surface area contributed by atoms with Crippen LogP contribution in [0.3, 0.4) is 0 Å². The van der Waals surface area contributed by atoms with Crippen molar-refractivity contribution in [3.63, 3.8) is 0 Å². The highest BCUT2D eigenvalue weighted by Gasteiger charge is 2.10. The molecule has 0 aliphatic carbocycles. The van der Waals surface area contributed by atoms with Gasteiger partial charge in [-0.25, -0.2) is 0 Å². The molecule has 0 aromatic carbocycles. The van der Waals surface area contributed by atoms with Crippen molar-refractivity contribution in [2.75, 3.05) is 11.9 Å². The highest BCUT2D eigenvalue weighted by Crippen LogP contribution is 2.11. The van der Waals surface area contributed by atoms with Crippen molar-refractivity contribution in [3.05, 3.63) is 22.4 Å². The topological polar surface area (TPSA) is 20.3 Å². The van der Waals surface area contributed by atoms with Gasteiger partial charge in [-0.2, -0.15) is 0 Å². The average molecular weight is 262 g/mol. The number of hydrogen-bond acceptors (Lipinski definition) is 2. The largest absolute Gasteiger partial charge is 0.337 e. The zero-order valence-electron chi connectivity index (χ0n) is 7.50. The van der Waals surface area contributed by atoms with Crippen LogP contribution in [-0.4, -0.2) is 22.7 Å². The second-order valence-corrected chi connectivity index (χ2v) is 4.21. The summed E-state index contributed by atoms with van der Waals surface area (Å²) in [5.41, 5.74) is 0. The molecule has 13 heavy (non-hydrogen) atoms. The van der Waals surface area contributed by atoms with Crippen LogP contribution in [0, 0.1) is 0 Å². The fourth-order valence-corrected chi connectivity index (χ4v) is 2.13. The van der Waals surface area contributed by atoms with E-state index < -0.39 is 0 Å². The Balaban J connectivity index is 2.54. The molecule has 0 saturated heterocycles. The lowest BCUT2D eigenvalue weighted by Gasteiger charge is -2.18. The summed E-state index contributed by atoms with van der Waals surface area (Å²) in [6.07, 6.45) is 0. The van der Waals surface area contributed by atoms with Crippen LogP contribution in [0.2, 0.25) is 0 Å². The van der Waals surface area contributed by atoms with E-state index in [0.29, 0.717) is 5.33 Å². The molecule has 0 bridgehead atoms. The lowest BCUT2D eigenvalue weighted by molar-refractivity contribution is -0.128. The SMILES string of the molecule is CCN(Cc1cccs1)C(=O)CBr. The molecule has 0 atom stereocenters. The molecule has 0 aliphatic heterocycles. The van der Waals surface area contributed by atoms with E-state index in [1.54, 1.807) is 11.3 Å². The predicted molar refractivity (Wildman–Crippen MR) is 59.2 cm³/mol. The van der Waals surface area contributed by atoms with Crippen LogP contribution in [0.1, 0.15) is 11.8 Å². The van der Waals surface area contributed by atoms with Gasteiger partial charge in [-0.05, 0) is 18.4 Å². The number of thiophene rings is 1. The van der Waals surface area contributed by atoms with E-state index in [9.17, 15) is 4.79 Å². The van der Waals surface area contributed by atoms with Gasteiger partial charge in [0.25, 0.3) is 0 Å². The number of halogens is 1. The first kappa shape index (κ1) is 10.7. The Labute approximate surface area is 90.7 Å². The van der Waals surface area contributed by atoms with Crippen LogP contribution in [0.4, 0.5) is 0 Å². The molecule has 1 heterocycles. The maximum Gasteiger partial charge on any atom is 0.233 e. The maximum atomic E-state index is 11.4. The minimum Gasteiger partial charge on any atom is -0.337 e. The number of carbonyl (C=O) groups is 1. The third-order valence-corrected chi connectivity index (χ3v) is 3.12. The number of amides is 1. The van der Waals surface area contributed by atoms with E-state index in [0.717, 1.165) is 13.1 Å². The number of rotatable bonds is 4. The minimum absolute atomic E-state index is 0.149. The van der Waals surface area contributed by atoms with Crippen molar-refractivity contribution in [1.29, 1.82) is 0 Å². The van der Waals surface area contributed by atoms with Gasteiger partial charge in [-0.3, -0.25) is 4.79 Å². The molecule has 0 radical (unpaired) electrons. The van der Waals surface area contributed by atoms with Gasteiger partial charge in [-0.15, -0.1) is 11.3 Å². The molecule has 2 nitrogen and oxygen atoms in total. The molecule has 0 aliphatic rings. The first-order valence-electron chi connectivity index (χ1n) is 4.14. The molecule has 1 aromatic rings. The van der Waals surface area contributed by atoms with E-state index in [1.807, 2.05) is 23.3 Å². The van der Waals surface area contributed by atoms with Gasteiger partial charge in [0, 0.05) is 11.4 Å². The van der Waals surface area contributed by atoms with E-state index in [2.05, 4.69) is 22.0 Å². The second kappa shape index (κ2) is 5.40. The Morgan fingerprint density at radius 3 is 2.92 bits per heavy atom. The van der Waals surface area contributed by atoms with E-state index >= 15 is 0 Å². The quantitative estimate of drug-likeness (QED) is 0.763. The van der Waals surface area contributed by atoms with Crippen LogP contribution in [0.15, 0.2) is 17.5 Å². The molecule has 0 spiro atoms. The summed E-state index contributed by atoms with van der Waals surface area (Å²) in [5, 5.41) is 2.44. The highest BCUT2D eigenvalue weighted by atomic mass is 79.9. The molecule has 0 fully saturated rings. The van der Waals surface area contributed by atoms with Crippen molar-refractivity contribution >= 4 is 33.2 Å². The first-order chi connectivity index (χ1) is 6.27. The fourth-order valence-electron chi connectivity index (χ4n) is 1.05. The Hall–Kier alpha value is -0.350. The fraction of sp³-hybridized carbons (Fsp3) is 0.444. The number of nitrogens with zero attached hydrogens (tertiary/aromatic N) is 1. The normalized spacial score (nSPS) is 10.0. The van der Waals surface area contributed by atoms with Gasteiger partial charge < -0.3 is 4.90 Å². The van der Waals surface area contributed by atoms with Gasteiger partial charge in [0.15, 0.2) is 0 Å². The lowest BCUT2D eigenvalue weighted by atomic mass is 10.4. The summed E-state index contributed by atoms with van der Waals surface area (Å²) in [6.45, 7) is 3.50. The summed E-state index contributed by atoms with van der Waals surface area (Å²) >= 11 is 4.86. The van der Waals surface area contributed by atoms with E-state index in [-0.39, 0.29) is 5.91 Å². The molecule has 4 heteroatoms. The van der Waals surface area contributed by atoms with E-state index in [1.165, 1.54) is 4.88 Å². The average Bonchev–Trinajstić information content (AvgIpc) is 2.65. The molecule has 0 saturated carbocycles. The molecule has 72 valence electrons.